The van der Waals surface area contributed by atoms with Gasteiger partial charge in [0.25, 0.3) is 0 Å². The average Bonchev–Trinajstić information content (AvgIpc) is 3.78. The Labute approximate surface area is 322 Å². The molecular weight excluding hydrogens is 685 g/mol. The van der Waals surface area contributed by atoms with Gasteiger partial charge in [0.2, 0.25) is 0 Å². The van der Waals surface area contributed by atoms with E-state index in [0.29, 0.717) is 16.7 Å². The molecule has 10 rings (SSSR count). The van der Waals surface area contributed by atoms with Crippen LogP contribution < -0.4 is 0 Å². The summed E-state index contributed by atoms with van der Waals surface area (Å²) in [6.45, 7) is 0. The van der Waals surface area contributed by atoms with Crippen LogP contribution in [-0.2, 0) is 0 Å². The van der Waals surface area contributed by atoms with Crippen LogP contribution in [-0.4, -0.2) is 14.1 Å². The van der Waals surface area contributed by atoms with Gasteiger partial charge in [0, 0.05) is 45.1 Å². The van der Waals surface area contributed by atoms with Gasteiger partial charge in [-0.05, 0) is 107 Å². The highest BCUT2D eigenvalue weighted by molar-refractivity contribution is 6.12. The van der Waals surface area contributed by atoms with E-state index in [1.54, 1.807) is 0 Å². The lowest BCUT2D eigenvalue weighted by atomic mass is 10.00. The number of nitriles is 3. The highest BCUT2D eigenvalue weighted by Crippen LogP contribution is 2.42. The molecule has 0 saturated carbocycles. The van der Waals surface area contributed by atoms with Crippen molar-refractivity contribution in [2.75, 3.05) is 0 Å². The van der Waals surface area contributed by atoms with Gasteiger partial charge in [-0.2, -0.15) is 15.8 Å². The molecule has 10 aromatic rings. The fraction of sp³-hybridized carbons (Fsp3) is 0. The lowest BCUT2D eigenvalue weighted by Gasteiger charge is -2.18. The molecule has 0 N–H and O–H groups in total. The SMILES string of the molecule is N#Cc1cccc(-c2ccc3c(c2)c2ccccc2n3-c2ccncc2-c2cc(C#N)ccc2-n2c3ccccc3c3cc(-c4cccc(C#N)c4)ccc32)c1. The van der Waals surface area contributed by atoms with Crippen molar-refractivity contribution < 1.29 is 0 Å². The molecule has 56 heavy (non-hydrogen) atoms. The van der Waals surface area contributed by atoms with Gasteiger partial charge in [0.1, 0.15) is 0 Å². The molecule has 258 valence electrons. The van der Waals surface area contributed by atoms with E-state index in [2.05, 4.69) is 117 Å². The second kappa shape index (κ2) is 13.0. The van der Waals surface area contributed by atoms with Gasteiger partial charge in [-0.15, -0.1) is 0 Å². The van der Waals surface area contributed by atoms with Crippen LogP contribution in [0.1, 0.15) is 16.7 Å². The number of fused-ring (bicyclic) bond motifs is 6. The lowest BCUT2D eigenvalue weighted by molar-refractivity contribution is 1.14. The molecular formula is C50H28N6. The van der Waals surface area contributed by atoms with Gasteiger partial charge in [0.05, 0.1) is 68.3 Å². The van der Waals surface area contributed by atoms with Crippen LogP contribution >= 0.6 is 0 Å². The Morgan fingerprint density at radius 1 is 0.375 bits per heavy atom. The molecule has 0 aliphatic carbocycles. The van der Waals surface area contributed by atoms with Gasteiger partial charge in [-0.25, -0.2) is 0 Å². The normalized spacial score (nSPS) is 11.2. The monoisotopic (exact) mass is 712 g/mol. The fourth-order valence-electron chi connectivity index (χ4n) is 8.17. The Kier molecular flexibility index (Phi) is 7.53. The highest BCUT2D eigenvalue weighted by Gasteiger charge is 2.21. The second-order valence-electron chi connectivity index (χ2n) is 13.8. The maximum Gasteiger partial charge on any atom is 0.0991 e. The number of benzene rings is 7. The molecule has 0 fully saturated rings. The van der Waals surface area contributed by atoms with E-state index in [-0.39, 0.29) is 0 Å². The van der Waals surface area contributed by atoms with E-state index in [1.165, 1.54) is 0 Å². The maximum absolute atomic E-state index is 10.2. The van der Waals surface area contributed by atoms with Gasteiger partial charge >= 0.3 is 0 Å². The summed E-state index contributed by atoms with van der Waals surface area (Å²) in [6.07, 6.45) is 3.71. The highest BCUT2D eigenvalue weighted by atomic mass is 15.0. The van der Waals surface area contributed by atoms with E-state index in [1.807, 2.05) is 85.2 Å². The number of rotatable bonds is 5. The smallest absolute Gasteiger partial charge is 0.0991 e. The molecule has 0 unspecified atom stereocenters. The Morgan fingerprint density at radius 3 is 1.41 bits per heavy atom. The molecule has 0 spiro atoms. The topological polar surface area (TPSA) is 94.1 Å². The molecule has 0 aliphatic heterocycles. The predicted octanol–water partition coefficient (Wildman–Crippen LogP) is 11.9. The standard InChI is InChI=1S/C50H28N6/c51-28-32-7-5-9-35(23-32)37-16-19-48-42(26-37)39-11-1-3-13-45(39)55(48)47-18-15-34(30-53)25-41(47)44-31-54-22-21-50(44)56-46-14-4-2-12-40(46)43-27-38(17-20-49(43)56)36-10-6-8-33(24-36)29-52/h1-27,31H. The van der Waals surface area contributed by atoms with Crippen LogP contribution in [0, 0.1) is 34.0 Å². The van der Waals surface area contributed by atoms with Gasteiger partial charge in [-0.1, -0.05) is 72.8 Å². The largest absolute Gasteiger partial charge is 0.309 e. The summed E-state index contributed by atoms with van der Waals surface area (Å²) >= 11 is 0. The predicted molar refractivity (Wildman–Crippen MR) is 223 cm³/mol. The van der Waals surface area contributed by atoms with Crippen molar-refractivity contribution in [3.63, 3.8) is 0 Å². The van der Waals surface area contributed by atoms with Crippen molar-refractivity contribution in [2.45, 2.75) is 0 Å². The van der Waals surface area contributed by atoms with Crippen molar-refractivity contribution in [2.24, 2.45) is 0 Å². The van der Waals surface area contributed by atoms with Crippen LogP contribution in [0.25, 0.3) is 88.4 Å². The lowest BCUT2D eigenvalue weighted by Crippen LogP contribution is -2.02. The summed E-state index contributed by atoms with van der Waals surface area (Å²) in [7, 11) is 0. The van der Waals surface area contributed by atoms with Crippen LogP contribution in [0.3, 0.4) is 0 Å². The van der Waals surface area contributed by atoms with Crippen molar-refractivity contribution >= 4 is 43.6 Å². The summed E-state index contributed by atoms with van der Waals surface area (Å²) in [6, 6.07) is 59.9. The molecule has 0 saturated heterocycles. The summed E-state index contributed by atoms with van der Waals surface area (Å²) in [5, 5.41) is 33.7. The molecule has 0 aliphatic rings. The fourth-order valence-corrected chi connectivity index (χ4v) is 8.17. The maximum atomic E-state index is 10.2. The minimum absolute atomic E-state index is 0.547. The zero-order chi connectivity index (χ0) is 37.8. The Hall–Kier alpha value is -8.24. The van der Waals surface area contributed by atoms with E-state index < -0.39 is 0 Å². The third-order valence-corrected chi connectivity index (χ3v) is 10.7. The zero-order valence-corrected chi connectivity index (χ0v) is 29.8. The second-order valence-corrected chi connectivity index (χ2v) is 13.8. The molecule has 0 amide bonds. The first-order valence-electron chi connectivity index (χ1n) is 18.2. The van der Waals surface area contributed by atoms with Crippen LogP contribution in [0.15, 0.2) is 170 Å². The molecule has 0 bridgehead atoms. The van der Waals surface area contributed by atoms with Gasteiger partial charge in [-0.3, -0.25) is 4.98 Å². The minimum atomic E-state index is 0.547. The van der Waals surface area contributed by atoms with Crippen LogP contribution in [0.2, 0.25) is 0 Å². The molecule has 0 radical (unpaired) electrons. The molecule has 3 aromatic heterocycles. The summed E-state index contributed by atoms with van der Waals surface area (Å²) in [5.41, 5.74) is 13.5. The molecule has 7 aromatic carbocycles. The van der Waals surface area contributed by atoms with Crippen molar-refractivity contribution in [1.82, 2.24) is 14.1 Å². The number of hydrogen-bond donors (Lipinski definition) is 0. The molecule has 6 nitrogen and oxygen atoms in total. The molecule has 6 heteroatoms. The van der Waals surface area contributed by atoms with Crippen molar-refractivity contribution in [3.8, 4) is 63.0 Å². The zero-order valence-electron chi connectivity index (χ0n) is 29.8. The third-order valence-electron chi connectivity index (χ3n) is 10.7. The Morgan fingerprint density at radius 2 is 0.857 bits per heavy atom. The number of pyridine rings is 1. The molecule has 3 heterocycles. The van der Waals surface area contributed by atoms with Crippen molar-refractivity contribution in [3.05, 3.63) is 187 Å². The molecule has 0 atom stereocenters. The summed E-state index contributed by atoms with van der Waals surface area (Å²) in [5.74, 6) is 0. The van der Waals surface area contributed by atoms with Crippen LogP contribution in [0.5, 0.6) is 0 Å². The van der Waals surface area contributed by atoms with Gasteiger partial charge in [0.15, 0.2) is 0 Å². The first-order chi connectivity index (χ1) is 27.6. The van der Waals surface area contributed by atoms with Gasteiger partial charge < -0.3 is 9.13 Å². The first kappa shape index (κ1) is 32.4. The quantitative estimate of drug-likeness (QED) is 0.177. The van der Waals surface area contributed by atoms with E-state index in [0.717, 1.165) is 88.4 Å². The summed E-state index contributed by atoms with van der Waals surface area (Å²) in [4.78, 5) is 4.67. The number of hydrogen-bond acceptors (Lipinski definition) is 4. The third kappa shape index (κ3) is 5.12. The van der Waals surface area contributed by atoms with Crippen LogP contribution in [0.4, 0.5) is 0 Å². The van der Waals surface area contributed by atoms with E-state index in [4.69, 9.17) is 0 Å². The Balaban J connectivity index is 1.21. The average molecular weight is 713 g/mol. The Bertz CT molecular complexity index is 3360. The van der Waals surface area contributed by atoms with E-state index >= 15 is 0 Å². The minimum Gasteiger partial charge on any atom is -0.309 e. The van der Waals surface area contributed by atoms with Crippen molar-refractivity contribution in [1.29, 1.82) is 15.8 Å². The van der Waals surface area contributed by atoms with E-state index in [9.17, 15) is 15.8 Å². The number of para-hydroxylation sites is 2. The number of aromatic nitrogens is 3. The number of nitrogens with zero attached hydrogens (tertiary/aromatic N) is 6. The summed E-state index contributed by atoms with van der Waals surface area (Å²) < 4.78 is 4.56. The first-order valence-corrected chi connectivity index (χ1v) is 18.2.